The van der Waals surface area contributed by atoms with Gasteiger partial charge in [-0.05, 0) is 17.7 Å². The van der Waals surface area contributed by atoms with Gasteiger partial charge in [0, 0.05) is 0 Å². The fourth-order valence-corrected chi connectivity index (χ4v) is 1.05. The van der Waals surface area contributed by atoms with E-state index >= 15 is 0 Å². The van der Waals surface area contributed by atoms with Crippen LogP contribution in [-0.2, 0) is 0 Å². The summed E-state index contributed by atoms with van der Waals surface area (Å²) in [5.74, 6) is -1.43. The molecule has 0 amide bonds. The molecule has 1 aromatic rings. The number of nitriles is 1. The monoisotopic (exact) mass is 234 g/mol. The number of nitrogens with zero attached hydrogens (tertiary/aromatic N) is 2. The molecule has 0 aromatic carbocycles. The molecule has 0 saturated carbocycles. The normalized spacial score (nSPS) is 10.1. The molecule has 0 bridgehead atoms. The van der Waals surface area contributed by atoms with E-state index in [0.717, 1.165) is 0 Å². The Morgan fingerprint density at radius 3 is 2.60 bits per heavy atom. The van der Waals surface area contributed by atoms with Gasteiger partial charge in [-0.25, -0.2) is 13.8 Å². The van der Waals surface area contributed by atoms with E-state index in [1.165, 1.54) is 6.07 Å². The predicted molar refractivity (Wildman–Crippen MR) is 44.1 cm³/mol. The van der Waals surface area contributed by atoms with Gasteiger partial charge in [0.2, 0.25) is 5.95 Å². The van der Waals surface area contributed by atoms with Gasteiger partial charge in [-0.15, -0.1) is 0 Å². The largest absolute Gasteiger partial charge is 0.280 e. The van der Waals surface area contributed by atoms with Crippen molar-refractivity contribution < 1.29 is 18.0 Å². The number of halogens is 4. The average Bonchev–Trinajstić information content (AvgIpc) is 2.16. The lowest BCUT2D eigenvalue weighted by molar-refractivity contribution is 0.107. The van der Waals surface area contributed by atoms with Crippen LogP contribution in [0.5, 0.6) is 0 Å². The summed E-state index contributed by atoms with van der Waals surface area (Å²) in [4.78, 5) is 13.6. The summed E-state index contributed by atoms with van der Waals surface area (Å²) in [6.45, 7) is 0. The minimum absolute atomic E-state index is 0.599. The van der Waals surface area contributed by atoms with Gasteiger partial charge in [0.15, 0.2) is 0 Å². The number of pyridine rings is 1. The van der Waals surface area contributed by atoms with Crippen LogP contribution in [0.4, 0.5) is 13.2 Å². The van der Waals surface area contributed by atoms with Crippen molar-refractivity contribution >= 4 is 16.8 Å². The molecule has 0 fully saturated rings. The van der Waals surface area contributed by atoms with Crippen molar-refractivity contribution in [2.75, 3.05) is 0 Å². The molecule has 7 heteroatoms. The molecular formula is C8H2ClF3N2O. The van der Waals surface area contributed by atoms with Crippen LogP contribution in [0.25, 0.3) is 0 Å². The van der Waals surface area contributed by atoms with Crippen molar-refractivity contribution in [3.05, 3.63) is 28.8 Å². The number of aromatic nitrogens is 1. The zero-order chi connectivity index (χ0) is 11.6. The minimum Gasteiger partial charge on any atom is -0.276 e. The Hall–Kier alpha value is -1.61. The number of carbonyl (C=O) groups excluding carboxylic acids is 1. The number of rotatable bonds is 2. The Balaban J connectivity index is 3.47. The number of hydrogen-bond donors (Lipinski definition) is 0. The Morgan fingerprint density at radius 2 is 2.20 bits per heavy atom. The maximum Gasteiger partial charge on any atom is 0.280 e. The highest BCUT2D eigenvalue weighted by Gasteiger charge is 2.20. The third-order valence-corrected chi connectivity index (χ3v) is 1.75. The first-order valence-corrected chi connectivity index (χ1v) is 3.93. The Morgan fingerprint density at radius 1 is 1.60 bits per heavy atom. The van der Waals surface area contributed by atoms with Crippen molar-refractivity contribution in [2.45, 2.75) is 6.43 Å². The molecule has 0 unspecified atom stereocenters. The van der Waals surface area contributed by atoms with Gasteiger partial charge in [-0.3, -0.25) is 4.79 Å². The third-order valence-electron chi connectivity index (χ3n) is 1.54. The van der Waals surface area contributed by atoms with Crippen molar-refractivity contribution in [1.82, 2.24) is 4.98 Å². The van der Waals surface area contributed by atoms with E-state index in [-0.39, 0.29) is 0 Å². The van der Waals surface area contributed by atoms with Crippen molar-refractivity contribution in [3.8, 4) is 6.07 Å². The lowest BCUT2D eigenvalue weighted by Crippen LogP contribution is -2.04. The zero-order valence-corrected chi connectivity index (χ0v) is 7.73. The first-order valence-electron chi connectivity index (χ1n) is 3.56. The molecule has 0 atom stereocenters. The Kier molecular flexibility index (Phi) is 3.27. The minimum atomic E-state index is -3.04. The zero-order valence-electron chi connectivity index (χ0n) is 6.97. The highest BCUT2D eigenvalue weighted by Crippen LogP contribution is 2.22. The molecule has 1 heterocycles. The van der Waals surface area contributed by atoms with E-state index in [1.807, 2.05) is 0 Å². The molecule has 0 radical (unpaired) electrons. The lowest BCUT2D eigenvalue weighted by Gasteiger charge is -2.03. The maximum atomic E-state index is 13.0. The van der Waals surface area contributed by atoms with Crippen LogP contribution in [0.15, 0.2) is 6.07 Å². The van der Waals surface area contributed by atoms with Crippen molar-refractivity contribution in [3.63, 3.8) is 0 Å². The highest BCUT2D eigenvalue weighted by atomic mass is 35.5. The fourth-order valence-electron chi connectivity index (χ4n) is 0.906. The van der Waals surface area contributed by atoms with Gasteiger partial charge in [0.1, 0.15) is 17.3 Å². The molecule has 0 aliphatic rings. The van der Waals surface area contributed by atoms with Crippen LogP contribution < -0.4 is 0 Å². The molecule has 0 aliphatic carbocycles. The summed E-state index contributed by atoms with van der Waals surface area (Å²) in [5.41, 5.74) is -2.28. The van der Waals surface area contributed by atoms with E-state index in [0.29, 0.717) is 6.07 Å². The maximum absolute atomic E-state index is 13.0. The molecule has 15 heavy (non-hydrogen) atoms. The molecular weight excluding hydrogens is 233 g/mol. The van der Waals surface area contributed by atoms with Crippen LogP contribution in [-0.4, -0.2) is 10.2 Å². The Bertz CT molecular complexity index is 456. The third kappa shape index (κ3) is 2.25. The molecule has 3 nitrogen and oxygen atoms in total. The molecule has 1 rings (SSSR count). The van der Waals surface area contributed by atoms with Gasteiger partial charge >= 0.3 is 0 Å². The van der Waals surface area contributed by atoms with E-state index in [2.05, 4.69) is 4.98 Å². The highest BCUT2D eigenvalue weighted by molar-refractivity contribution is 6.68. The standard InChI is InChI=1S/C8H2ClF3N2O/c9-6(15)3-1-5(7(10)11)14-8(12)4(3)2-13/h1,7H. The van der Waals surface area contributed by atoms with Crippen molar-refractivity contribution in [1.29, 1.82) is 5.26 Å². The van der Waals surface area contributed by atoms with Crippen molar-refractivity contribution in [2.24, 2.45) is 0 Å². The second kappa shape index (κ2) is 4.28. The number of hydrogen-bond acceptors (Lipinski definition) is 3. The first kappa shape index (κ1) is 11.5. The molecule has 0 spiro atoms. The first-order chi connectivity index (χ1) is 6.97. The lowest BCUT2D eigenvalue weighted by atomic mass is 10.1. The SMILES string of the molecule is N#Cc1c(C(=O)Cl)cc(C(F)F)nc1F. The quantitative estimate of drug-likeness (QED) is 0.583. The van der Waals surface area contributed by atoms with Gasteiger partial charge in [0.05, 0.1) is 5.56 Å². The summed E-state index contributed by atoms with van der Waals surface area (Å²) in [7, 11) is 0. The van der Waals surface area contributed by atoms with E-state index in [9.17, 15) is 18.0 Å². The molecule has 78 valence electrons. The van der Waals surface area contributed by atoms with Crippen LogP contribution >= 0.6 is 11.6 Å². The summed E-state index contributed by atoms with van der Waals surface area (Å²) in [6.07, 6.45) is -3.04. The van der Waals surface area contributed by atoms with Gasteiger partial charge in [-0.2, -0.15) is 9.65 Å². The van der Waals surface area contributed by atoms with Gasteiger partial charge in [0.25, 0.3) is 11.7 Å². The van der Waals surface area contributed by atoms with Crippen LogP contribution in [0.3, 0.4) is 0 Å². The predicted octanol–water partition coefficient (Wildman–Crippen LogP) is 2.41. The molecule has 0 saturated heterocycles. The summed E-state index contributed by atoms with van der Waals surface area (Å²) < 4.78 is 37.3. The topological polar surface area (TPSA) is 53.8 Å². The van der Waals surface area contributed by atoms with E-state index in [4.69, 9.17) is 16.9 Å². The number of carbonyl (C=O) groups is 1. The summed E-state index contributed by atoms with van der Waals surface area (Å²) >= 11 is 5.01. The second-order valence-electron chi connectivity index (χ2n) is 2.45. The average molecular weight is 235 g/mol. The van der Waals surface area contributed by atoms with Crippen LogP contribution in [0.1, 0.15) is 28.0 Å². The van der Waals surface area contributed by atoms with Crippen LogP contribution in [0, 0.1) is 17.3 Å². The Labute approximate surface area is 87.1 Å². The summed E-state index contributed by atoms with van der Waals surface area (Å²) in [6, 6.07) is 1.92. The van der Waals surface area contributed by atoms with E-state index < -0.39 is 34.4 Å². The van der Waals surface area contributed by atoms with Gasteiger partial charge in [-0.1, -0.05) is 0 Å². The molecule has 0 N–H and O–H groups in total. The number of alkyl halides is 2. The van der Waals surface area contributed by atoms with Gasteiger partial charge < -0.3 is 0 Å². The second-order valence-corrected chi connectivity index (χ2v) is 2.79. The van der Waals surface area contributed by atoms with E-state index in [1.54, 1.807) is 0 Å². The van der Waals surface area contributed by atoms with Crippen LogP contribution in [0.2, 0.25) is 0 Å². The smallest absolute Gasteiger partial charge is 0.276 e. The molecule has 0 aliphatic heterocycles. The summed E-state index contributed by atoms with van der Waals surface area (Å²) in [5, 5.41) is 7.26. The fraction of sp³-hybridized carbons (Fsp3) is 0.125. The molecule has 1 aromatic heterocycles.